The van der Waals surface area contributed by atoms with E-state index in [9.17, 15) is 4.79 Å². The monoisotopic (exact) mass is 264 g/mol. The van der Waals surface area contributed by atoms with E-state index in [0.717, 1.165) is 35.3 Å². The first-order valence-corrected chi connectivity index (χ1v) is 6.52. The Bertz CT molecular complexity index is 477. The number of carbonyl (C=O) groups is 1. The van der Waals surface area contributed by atoms with Gasteiger partial charge in [-0.15, -0.1) is 0 Å². The summed E-state index contributed by atoms with van der Waals surface area (Å²) in [6.45, 7) is 3.80. The number of ether oxygens (including phenoxy) is 2. The molecule has 0 heterocycles. The summed E-state index contributed by atoms with van der Waals surface area (Å²) in [5.74, 6) is 0.383. The van der Waals surface area contributed by atoms with Gasteiger partial charge < -0.3 is 14.6 Å². The summed E-state index contributed by atoms with van der Waals surface area (Å²) in [6, 6.07) is 3.92. The van der Waals surface area contributed by atoms with Crippen molar-refractivity contribution in [2.45, 2.75) is 32.8 Å². The highest BCUT2D eigenvalue weighted by Crippen LogP contribution is 2.45. The van der Waals surface area contributed by atoms with Gasteiger partial charge in [0.15, 0.2) is 0 Å². The SMILES string of the molecule is COc1ccc(C(OCC(=O)O)C2CC2)c(C)c1C. The van der Waals surface area contributed by atoms with Crippen LogP contribution in [0.15, 0.2) is 12.1 Å². The molecule has 0 aliphatic heterocycles. The molecule has 1 aliphatic carbocycles. The fourth-order valence-electron chi connectivity index (χ4n) is 2.39. The summed E-state index contributed by atoms with van der Waals surface area (Å²) >= 11 is 0. The molecule has 2 rings (SSSR count). The minimum Gasteiger partial charge on any atom is -0.496 e. The van der Waals surface area contributed by atoms with Crippen LogP contribution in [0.1, 0.15) is 35.6 Å². The van der Waals surface area contributed by atoms with Crippen LogP contribution in [-0.2, 0) is 9.53 Å². The van der Waals surface area contributed by atoms with Gasteiger partial charge in [0.2, 0.25) is 0 Å². The summed E-state index contributed by atoms with van der Waals surface area (Å²) in [7, 11) is 1.65. The number of aliphatic carboxylic acids is 1. The van der Waals surface area contributed by atoms with Crippen LogP contribution >= 0.6 is 0 Å². The Kier molecular flexibility index (Phi) is 4.10. The zero-order chi connectivity index (χ0) is 14.0. The summed E-state index contributed by atoms with van der Waals surface area (Å²) in [4.78, 5) is 10.7. The predicted octanol–water partition coefficient (Wildman–Crippen LogP) is 2.86. The molecule has 1 unspecified atom stereocenters. The minimum absolute atomic E-state index is 0.110. The van der Waals surface area contributed by atoms with E-state index >= 15 is 0 Å². The van der Waals surface area contributed by atoms with Crippen LogP contribution in [-0.4, -0.2) is 24.8 Å². The smallest absolute Gasteiger partial charge is 0.329 e. The number of carboxylic acids is 1. The molecular formula is C15H20O4. The Hall–Kier alpha value is -1.55. The molecule has 1 aromatic carbocycles. The highest BCUT2D eigenvalue weighted by atomic mass is 16.5. The third-order valence-corrected chi connectivity index (χ3v) is 3.74. The second-order valence-electron chi connectivity index (χ2n) is 5.07. The molecule has 1 atom stereocenters. The molecule has 0 amide bonds. The number of benzene rings is 1. The maximum Gasteiger partial charge on any atom is 0.329 e. The Balaban J connectivity index is 2.26. The van der Waals surface area contributed by atoms with Gasteiger partial charge in [0.25, 0.3) is 0 Å². The van der Waals surface area contributed by atoms with Gasteiger partial charge in [0.1, 0.15) is 12.4 Å². The highest BCUT2D eigenvalue weighted by Gasteiger charge is 2.34. The maximum absolute atomic E-state index is 10.7. The molecular weight excluding hydrogens is 244 g/mol. The molecule has 1 fully saturated rings. The number of rotatable bonds is 6. The second kappa shape index (κ2) is 5.61. The van der Waals surface area contributed by atoms with E-state index in [4.69, 9.17) is 14.6 Å². The summed E-state index contributed by atoms with van der Waals surface area (Å²) < 4.78 is 10.9. The fourth-order valence-corrected chi connectivity index (χ4v) is 2.39. The third kappa shape index (κ3) is 3.07. The summed E-state index contributed by atoms with van der Waals surface area (Å²) in [5.41, 5.74) is 3.30. The van der Waals surface area contributed by atoms with Crippen molar-refractivity contribution >= 4 is 5.97 Å². The van der Waals surface area contributed by atoms with Gasteiger partial charge in [0.05, 0.1) is 13.2 Å². The molecule has 0 aromatic heterocycles. The zero-order valence-electron chi connectivity index (χ0n) is 11.6. The molecule has 0 radical (unpaired) electrons. The quantitative estimate of drug-likeness (QED) is 0.858. The number of carboxylic acid groups (broad SMARTS) is 1. The van der Waals surface area contributed by atoms with Gasteiger partial charge in [-0.05, 0) is 55.4 Å². The van der Waals surface area contributed by atoms with Crippen LogP contribution in [0.4, 0.5) is 0 Å². The normalized spacial score (nSPS) is 16.2. The lowest BCUT2D eigenvalue weighted by Gasteiger charge is -2.21. The van der Waals surface area contributed by atoms with Crippen molar-refractivity contribution in [1.29, 1.82) is 0 Å². The average Bonchev–Trinajstić information content (AvgIpc) is 3.19. The van der Waals surface area contributed by atoms with Crippen molar-refractivity contribution in [2.24, 2.45) is 5.92 Å². The van der Waals surface area contributed by atoms with Gasteiger partial charge >= 0.3 is 5.97 Å². The van der Waals surface area contributed by atoms with Crippen LogP contribution in [0.25, 0.3) is 0 Å². The molecule has 4 nitrogen and oxygen atoms in total. The van der Waals surface area contributed by atoms with Crippen LogP contribution in [0.5, 0.6) is 5.75 Å². The standard InChI is InChI=1S/C15H20O4/c1-9-10(2)13(18-3)7-6-12(9)15(11-4-5-11)19-8-14(16)17/h6-7,11,15H,4-5,8H2,1-3H3,(H,16,17). The Morgan fingerprint density at radius 1 is 1.37 bits per heavy atom. The van der Waals surface area contributed by atoms with Crippen molar-refractivity contribution in [3.05, 3.63) is 28.8 Å². The van der Waals surface area contributed by atoms with Crippen LogP contribution in [0.3, 0.4) is 0 Å². The van der Waals surface area contributed by atoms with Gasteiger partial charge in [-0.2, -0.15) is 0 Å². The second-order valence-corrected chi connectivity index (χ2v) is 5.07. The van der Waals surface area contributed by atoms with E-state index in [1.807, 2.05) is 26.0 Å². The van der Waals surface area contributed by atoms with Crippen molar-refractivity contribution in [2.75, 3.05) is 13.7 Å². The number of methoxy groups -OCH3 is 1. The first kappa shape index (κ1) is 13.9. The van der Waals surface area contributed by atoms with E-state index in [1.54, 1.807) is 7.11 Å². The molecule has 19 heavy (non-hydrogen) atoms. The van der Waals surface area contributed by atoms with Crippen molar-refractivity contribution in [1.82, 2.24) is 0 Å². The molecule has 4 heteroatoms. The summed E-state index contributed by atoms with van der Waals surface area (Å²) in [6.07, 6.45) is 2.10. The molecule has 1 saturated carbocycles. The molecule has 0 spiro atoms. The van der Waals surface area contributed by atoms with Gasteiger partial charge in [-0.1, -0.05) is 6.07 Å². The van der Waals surface area contributed by atoms with E-state index in [0.29, 0.717) is 5.92 Å². The molecule has 0 saturated heterocycles. The zero-order valence-corrected chi connectivity index (χ0v) is 11.6. The number of hydrogen-bond acceptors (Lipinski definition) is 3. The Morgan fingerprint density at radius 2 is 2.05 bits per heavy atom. The van der Waals surface area contributed by atoms with Crippen molar-refractivity contribution in [3.63, 3.8) is 0 Å². The lowest BCUT2D eigenvalue weighted by Crippen LogP contribution is -2.15. The molecule has 0 bridgehead atoms. The highest BCUT2D eigenvalue weighted by molar-refractivity contribution is 5.68. The minimum atomic E-state index is -0.923. The van der Waals surface area contributed by atoms with E-state index in [-0.39, 0.29) is 12.7 Å². The molecule has 1 aromatic rings. The third-order valence-electron chi connectivity index (χ3n) is 3.74. The van der Waals surface area contributed by atoms with Gasteiger partial charge in [-0.25, -0.2) is 4.79 Å². The molecule has 1 aliphatic rings. The van der Waals surface area contributed by atoms with Crippen LogP contribution in [0.2, 0.25) is 0 Å². The van der Waals surface area contributed by atoms with E-state index in [2.05, 4.69) is 0 Å². The lowest BCUT2D eigenvalue weighted by molar-refractivity contribution is -0.145. The van der Waals surface area contributed by atoms with Crippen LogP contribution < -0.4 is 4.74 Å². The fraction of sp³-hybridized carbons (Fsp3) is 0.533. The predicted molar refractivity (Wildman–Crippen MR) is 71.5 cm³/mol. The largest absolute Gasteiger partial charge is 0.496 e. The summed E-state index contributed by atoms with van der Waals surface area (Å²) in [5, 5.41) is 8.77. The topological polar surface area (TPSA) is 55.8 Å². The number of hydrogen-bond donors (Lipinski definition) is 1. The Morgan fingerprint density at radius 3 is 2.58 bits per heavy atom. The first-order chi connectivity index (χ1) is 9.04. The van der Waals surface area contributed by atoms with Crippen LogP contribution in [0, 0.1) is 19.8 Å². The first-order valence-electron chi connectivity index (χ1n) is 6.52. The van der Waals surface area contributed by atoms with Gasteiger partial charge in [0, 0.05) is 0 Å². The lowest BCUT2D eigenvalue weighted by atomic mass is 9.96. The van der Waals surface area contributed by atoms with Crippen molar-refractivity contribution in [3.8, 4) is 5.75 Å². The van der Waals surface area contributed by atoms with Crippen molar-refractivity contribution < 1.29 is 19.4 Å². The Labute approximate surface area is 113 Å². The van der Waals surface area contributed by atoms with Gasteiger partial charge in [-0.3, -0.25) is 0 Å². The average molecular weight is 264 g/mol. The molecule has 1 N–H and O–H groups in total. The van der Waals surface area contributed by atoms with E-state index in [1.165, 1.54) is 0 Å². The molecule has 104 valence electrons. The van der Waals surface area contributed by atoms with E-state index < -0.39 is 5.97 Å². The maximum atomic E-state index is 10.7.